The van der Waals surface area contributed by atoms with Crippen LogP contribution in [0.25, 0.3) is 5.69 Å². The number of carbonyl (C=O) groups excluding carboxylic acids is 1. The van der Waals surface area contributed by atoms with Crippen LogP contribution in [0.3, 0.4) is 0 Å². The quantitative estimate of drug-likeness (QED) is 0.794. The van der Waals surface area contributed by atoms with Gasteiger partial charge in [0.1, 0.15) is 5.60 Å². The van der Waals surface area contributed by atoms with Gasteiger partial charge in [0, 0.05) is 0 Å². The number of ether oxygens (including phenoxy) is 1. The summed E-state index contributed by atoms with van der Waals surface area (Å²) in [4.78, 5) is 12.1. The molecule has 6 nitrogen and oxygen atoms in total. The van der Waals surface area contributed by atoms with E-state index in [0.29, 0.717) is 5.82 Å². The van der Waals surface area contributed by atoms with Crippen molar-refractivity contribution in [3.63, 3.8) is 0 Å². The van der Waals surface area contributed by atoms with Crippen molar-refractivity contribution >= 4 is 11.9 Å². The molecule has 0 aliphatic heterocycles. The molecule has 24 heavy (non-hydrogen) atoms. The Morgan fingerprint density at radius 2 is 1.67 bits per heavy atom. The minimum Gasteiger partial charge on any atom is -0.438 e. The Morgan fingerprint density at radius 3 is 2.33 bits per heavy atom. The number of para-hydroxylation sites is 1. The van der Waals surface area contributed by atoms with Crippen molar-refractivity contribution in [1.29, 1.82) is 0 Å². The number of carbonyl (C=O) groups is 1. The SMILES string of the molecule is CC(C)(OC(=O)Nc1cn(-c2ccccc2)nn1)c1ccccc1. The molecule has 0 atom stereocenters. The molecule has 0 spiro atoms. The fourth-order valence-electron chi connectivity index (χ4n) is 2.29. The number of hydrogen-bond donors (Lipinski definition) is 1. The average Bonchev–Trinajstić information content (AvgIpc) is 3.04. The van der Waals surface area contributed by atoms with Gasteiger partial charge in [-0.1, -0.05) is 53.7 Å². The van der Waals surface area contributed by atoms with Gasteiger partial charge in [0.15, 0.2) is 5.82 Å². The molecule has 6 heteroatoms. The van der Waals surface area contributed by atoms with E-state index in [2.05, 4.69) is 15.6 Å². The molecule has 1 amide bonds. The second kappa shape index (κ2) is 6.54. The molecule has 0 aliphatic rings. The summed E-state index contributed by atoms with van der Waals surface area (Å²) >= 11 is 0. The molecule has 0 aliphatic carbocycles. The minimum atomic E-state index is -0.749. The van der Waals surface area contributed by atoms with E-state index in [-0.39, 0.29) is 0 Å². The Hall–Kier alpha value is -3.15. The number of nitrogens with zero attached hydrogens (tertiary/aromatic N) is 3. The highest BCUT2D eigenvalue weighted by atomic mass is 16.6. The van der Waals surface area contributed by atoms with Crippen molar-refractivity contribution in [3.8, 4) is 5.69 Å². The van der Waals surface area contributed by atoms with Gasteiger partial charge in [0.2, 0.25) is 0 Å². The van der Waals surface area contributed by atoms with Crippen molar-refractivity contribution in [2.24, 2.45) is 0 Å². The molecule has 1 N–H and O–H groups in total. The lowest BCUT2D eigenvalue weighted by molar-refractivity contribution is 0.0466. The zero-order chi connectivity index (χ0) is 17.0. The number of nitrogens with one attached hydrogen (secondary N) is 1. The smallest absolute Gasteiger partial charge is 0.413 e. The van der Waals surface area contributed by atoms with Gasteiger partial charge in [0.25, 0.3) is 0 Å². The Labute approximate surface area is 140 Å². The fraction of sp³-hybridized carbons (Fsp3) is 0.167. The molecule has 0 saturated carbocycles. The monoisotopic (exact) mass is 322 g/mol. The van der Waals surface area contributed by atoms with Gasteiger partial charge < -0.3 is 4.74 Å². The Bertz CT molecular complexity index is 813. The maximum atomic E-state index is 12.1. The van der Waals surface area contributed by atoms with Crippen LogP contribution in [0.15, 0.2) is 66.9 Å². The van der Waals surface area contributed by atoms with Crippen LogP contribution < -0.4 is 5.32 Å². The number of amides is 1. The highest BCUT2D eigenvalue weighted by Gasteiger charge is 2.25. The molecule has 0 saturated heterocycles. The molecular weight excluding hydrogens is 304 g/mol. The van der Waals surface area contributed by atoms with Crippen LogP contribution in [0, 0.1) is 0 Å². The van der Waals surface area contributed by atoms with Gasteiger partial charge in [-0.2, -0.15) is 0 Å². The van der Waals surface area contributed by atoms with E-state index in [9.17, 15) is 4.79 Å². The molecule has 1 aromatic heterocycles. The number of rotatable bonds is 4. The fourth-order valence-corrected chi connectivity index (χ4v) is 2.29. The lowest BCUT2D eigenvalue weighted by Crippen LogP contribution is -2.28. The van der Waals surface area contributed by atoms with E-state index in [1.165, 1.54) is 0 Å². The highest BCUT2D eigenvalue weighted by molar-refractivity contribution is 5.83. The third-order valence-corrected chi connectivity index (χ3v) is 3.56. The van der Waals surface area contributed by atoms with Crippen molar-refractivity contribution < 1.29 is 9.53 Å². The third-order valence-electron chi connectivity index (χ3n) is 3.56. The number of anilines is 1. The van der Waals surface area contributed by atoms with Crippen LogP contribution in [-0.4, -0.2) is 21.1 Å². The van der Waals surface area contributed by atoms with Crippen molar-refractivity contribution in [1.82, 2.24) is 15.0 Å². The van der Waals surface area contributed by atoms with Gasteiger partial charge in [-0.15, -0.1) is 5.10 Å². The Morgan fingerprint density at radius 1 is 1.04 bits per heavy atom. The molecule has 122 valence electrons. The predicted molar refractivity (Wildman–Crippen MR) is 90.9 cm³/mol. The van der Waals surface area contributed by atoms with Gasteiger partial charge >= 0.3 is 6.09 Å². The molecule has 0 radical (unpaired) electrons. The molecule has 3 aromatic rings. The first-order chi connectivity index (χ1) is 11.5. The summed E-state index contributed by atoms with van der Waals surface area (Å²) in [5, 5.41) is 10.5. The van der Waals surface area contributed by atoms with Crippen LogP contribution in [0.4, 0.5) is 10.6 Å². The molecule has 0 bridgehead atoms. The number of aromatic nitrogens is 3. The van der Waals surface area contributed by atoms with Gasteiger partial charge in [0.05, 0.1) is 11.9 Å². The zero-order valence-corrected chi connectivity index (χ0v) is 13.5. The maximum Gasteiger partial charge on any atom is 0.413 e. The standard InChI is InChI=1S/C18H18N4O2/c1-18(2,14-9-5-3-6-10-14)24-17(23)19-16-13-22(21-20-16)15-11-7-4-8-12-15/h3-13H,1-2H3,(H,19,23). The molecule has 2 aromatic carbocycles. The van der Waals surface area contributed by atoms with Gasteiger partial charge in [-0.05, 0) is 31.5 Å². The van der Waals surface area contributed by atoms with E-state index >= 15 is 0 Å². The summed E-state index contributed by atoms with van der Waals surface area (Å²) in [6.45, 7) is 3.67. The molecule has 0 unspecified atom stereocenters. The van der Waals surface area contributed by atoms with Crippen molar-refractivity contribution in [3.05, 3.63) is 72.4 Å². The first-order valence-electron chi connectivity index (χ1n) is 7.58. The van der Waals surface area contributed by atoms with Crippen molar-refractivity contribution in [2.75, 3.05) is 5.32 Å². The largest absolute Gasteiger partial charge is 0.438 e. The summed E-state index contributed by atoms with van der Waals surface area (Å²) in [7, 11) is 0. The molecule has 1 heterocycles. The van der Waals surface area contributed by atoms with Gasteiger partial charge in [-0.3, -0.25) is 5.32 Å². The van der Waals surface area contributed by atoms with Crippen LogP contribution in [0.5, 0.6) is 0 Å². The Kier molecular flexibility index (Phi) is 4.29. The second-order valence-electron chi connectivity index (χ2n) is 5.77. The topological polar surface area (TPSA) is 69.0 Å². The minimum absolute atomic E-state index is 0.327. The molecule has 0 fully saturated rings. The van der Waals surface area contributed by atoms with E-state index < -0.39 is 11.7 Å². The Balaban J connectivity index is 1.66. The summed E-state index contributed by atoms with van der Waals surface area (Å²) < 4.78 is 7.10. The maximum absolute atomic E-state index is 12.1. The van der Waals surface area contributed by atoms with E-state index in [1.54, 1.807) is 10.9 Å². The summed E-state index contributed by atoms with van der Waals surface area (Å²) in [5.41, 5.74) is 1.02. The summed E-state index contributed by atoms with van der Waals surface area (Å²) in [6, 6.07) is 19.1. The third kappa shape index (κ3) is 3.60. The van der Waals surface area contributed by atoms with Crippen LogP contribution in [0.1, 0.15) is 19.4 Å². The van der Waals surface area contributed by atoms with E-state index in [0.717, 1.165) is 11.3 Å². The van der Waals surface area contributed by atoms with Gasteiger partial charge in [-0.25, -0.2) is 9.48 Å². The first kappa shape index (κ1) is 15.7. The number of benzene rings is 2. The van der Waals surface area contributed by atoms with E-state index in [4.69, 9.17) is 4.74 Å². The van der Waals surface area contributed by atoms with Crippen molar-refractivity contribution in [2.45, 2.75) is 19.4 Å². The normalized spacial score (nSPS) is 11.1. The highest BCUT2D eigenvalue weighted by Crippen LogP contribution is 2.24. The first-order valence-corrected chi connectivity index (χ1v) is 7.58. The van der Waals surface area contributed by atoms with Crippen LogP contribution in [-0.2, 0) is 10.3 Å². The lowest BCUT2D eigenvalue weighted by Gasteiger charge is -2.25. The lowest BCUT2D eigenvalue weighted by atomic mass is 9.98. The predicted octanol–water partition coefficient (Wildman–Crippen LogP) is 3.75. The zero-order valence-electron chi connectivity index (χ0n) is 13.5. The summed E-state index contributed by atoms with van der Waals surface area (Å²) in [5.74, 6) is 0.327. The second-order valence-corrected chi connectivity index (χ2v) is 5.77. The molecular formula is C18H18N4O2. The number of hydrogen-bond acceptors (Lipinski definition) is 4. The molecule has 3 rings (SSSR count). The summed E-state index contributed by atoms with van der Waals surface area (Å²) in [6.07, 6.45) is 1.05. The van der Waals surface area contributed by atoms with Crippen LogP contribution in [0.2, 0.25) is 0 Å². The van der Waals surface area contributed by atoms with E-state index in [1.807, 2.05) is 74.5 Å². The average molecular weight is 322 g/mol. The van der Waals surface area contributed by atoms with Crippen LogP contribution >= 0.6 is 0 Å².